The zero-order valence-corrected chi connectivity index (χ0v) is 11.3. The highest BCUT2D eigenvalue weighted by Gasteiger charge is 2.15. The molecule has 0 spiro atoms. The molecule has 0 bridgehead atoms. The summed E-state index contributed by atoms with van der Waals surface area (Å²) in [6.07, 6.45) is 1.78. The molecule has 0 fully saturated rings. The Morgan fingerprint density at radius 1 is 1.32 bits per heavy atom. The first-order valence-electron chi connectivity index (χ1n) is 6.01. The van der Waals surface area contributed by atoms with Gasteiger partial charge >= 0.3 is 0 Å². The topological polar surface area (TPSA) is 62.3 Å². The maximum absolute atomic E-state index is 6.03. The molecular formula is C13H14ClN3O2. The normalized spacial score (nSPS) is 13.6. The second kappa shape index (κ2) is 4.66. The molecule has 0 amide bonds. The summed E-state index contributed by atoms with van der Waals surface area (Å²) in [7, 11) is 0. The molecule has 2 aromatic rings. The minimum absolute atomic E-state index is 0.552. The van der Waals surface area contributed by atoms with Gasteiger partial charge in [-0.2, -0.15) is 5.10 Å². The van der Waals surface area contributed by atoms with E-state index in [1.165, 1.54) is 0 Å². The van der Waals surface area contributed by atoms with Crippen molar-refractivity contribution in [2.24, 2.45) is 0 Å². The first kappa shape index (κ1) is 12.2. The molecule has 0 atom stereocenters. The Kier molecular flexibility index (Phi) is 2.98. The van der Waals surface area contributed by atoms with Crippen LogP contribution >= 0.6 is 11.6 Å². The van der Waals surface area contributed by atoms with Gasteiger partial charge in [0.1, 0.15) is 13.2 Å². The summed E-state index contributed by atoms with van der Waals surface area (Å²) >= 11 is 5.99. The number of aromatic nitrogens is 2. The van der Waals surface area contributed by atoms with Crippen LogP contribution in [-0.4, -0.2) is 23.0 Å². The number of fused-ring (bicyclic) bond motifs is 1. The predicted octanol–water partition coefficient (Wildman–Crippen LogP) is 2.25. The van der Waals surface area contributed by atoms with Gasteiger partial charge in [-0.1, -0.05) is 11.6 Å². The fourth-order valence-corrected chi connectivity index (χ4v) is 2.18. The van der Waals surface area contributed by atoms with Crippen molar-refractivity contribution >= 4 is 17.3 Å². The zero-order chi connectivity index (χ0) is 13.4. The Labute approximate surface area is 115 Å². The lowest BCUT2D eigenvalue weighted by Gasteiger charge is -2.20. The molecule has 0 aliphatic carbocycles. The van der Waals surface area contributed by atoms with E-state index in [1.54, 1.807) is 16.9 Å². The van der Waals surface area contributed by atoms with Crippen LogP contribution in [0.3, 0.4) is 0 Å². The Morgan fingerprint density at radius 2 is 2.00 bits per heavy atom. The van der Waals surface area contributed by atoms with Crippen LogP contribution in [0.25, 0.3) is 0 Å². The first-order chi connectivity index (χ1) is 9.13. The Morgan fingerprint density at radius 3 is 2.63 bits per heavy atom. The van der Waals surface area contributed by atoms with Gasteiger partial charge in [0.25, 0.3) is 0 Å². The van der Waals surface area contributed by atoms with Gasteiger partial charge in [0, 0.05) is 23.5 Å². The molecule has 5 nitrogen and oxygen atoms in total. The van der Waals surface area contributed by atoms with Gasteiger partial charge in [-0.3, -0.25) is 4.68 Å². The van der Waals surface area contributed by atoms with Crippen molar-refractivity contribution in [3.05, 3.63) is 34.6 Å². The third-order valence-electron chi connectivity index (χ3n) is 3.02. The average molecular weight is 280 g/mol. The minimum atomic E-state index is 0.552. The van der Waals surface area contributed by atoms with Crippen molar-refractivity contribution in [2.45, 2.75) is 13.5 Å². The summed E-state index contributed by atoms with van der Waals surface area (Å²) in [5.41, 5.74) is 8.43. The SMILES string of the molecule is Cc1nn(Cc2cc3c(cc2N)OCCO3)cc1Cl. The quantitative estimate of drug-likeness (QED) is 0.857. The molecule has 0 unspecified atom stereocenters. The minimum Gasteiger partial charge on any atom is -0.486 e. The highest BCUT2D eigenvalue weighted by molar-refractivity contribution is 6.31. The number of benzene rings is 1. The summed E-state index contributed by atoms with van der Waals surface area (Å²) in [5, 5.41) is 4.96. The van der Waals surface area contributed by atoms with E-state index in [1.807, 2.05) is 13.0 Å². The van der Waals surface area contributed by atoms with Crippen molar-refractivity contribution in [3.63, 3.8) is 0 Å². The molecule has 1 aliphatic rings. The summed E-state index contributed by atoms with van der Waals surface area (Å²) in [6, 6.07) is 3.69. The number of halogens is 1. The lowest BCUT2D eigenvalue weighted by atomic mass is 10.1. The molecule has 1 aliphatic heterocycles. The van der Waals surface area contributed by atoms with Crippen LogP contribution in [0.15, 0.2) is 18.3 Å². The highest BCUT2D eigenvalue weighted by atomic mass is 35.5. The highest BCUT2D eigenvalue weighted by Crippen LogP contribution is 2.34. The fourth-order valence-electron chi connectivity index (χ4n) is 2.03. The van der Waals surface area contributed by atoms with Crippen molar-refractivity contribution in [1.82, 2.24) is 9.78 Å². The van der Waals surface area contributed by atoms with Gasteiger partial charge in [0.05, 0.1) is 17.3 Å². The number of nitrogens with two attached hydrogens (primary N) is 1. The maximum Gasteiger partial charge on any atom is 0.163 e. The van der Waals surface area contributed by atoms with Crippen LogP contribution in [0.2, 0.25) is 5.02 Å². The van der Waals surface area contributed by atoms with E-state index < -0.39 is 0 Å². The summed E-state index contributed by atoms with van der Waals surface area (Å²) < 4.78 is 12.8. The predicted molar refractivity (Wildman–Crippen MR) is 72.9 cm³/mol. The van der Waals surface area contributed by atoms with E-state index in [0.29, 0.717) is 36.2 Å². The Hall–Kier alpha value is -1.88. The number of aryl methyl sites for hydroxylation is 1. The van der Waals surface area contributed by atoms with Crippen LogP contribution in [0.5, 0.6) is 11.5 Å². The number of anilines is 1. The van der Waals surface area contributed by atoms with Gasteiger partial charge in [-0.05, 0) is 13.0 Å². The monoisotopic (exact) mass is 279 g/mol. The third kappa shape index (κ3) is 2.33. The van der Waals surface area contributed by atoms with Gasteiger partial charge < -0.3 is 15.2 Å². The van der Waals surface area contributed by atoms with Gasteiger partial charge in [0.2, 0.25) is 0 Å². The molecule has 2 heterocycles. The molecule has 19 heavy (non-hydrogen) atoms. The van der Waals surface area contributed by atoms with Crippen LogP contribution < -0.4 is 15.2 Å². The van der Waals surface area contributed by atoms with E-state index in [9.17, 15) is 0 Å². The van der Waals surface area contributed by atoms with Crippen molar-refractivity contribution in [3.8, 4) is 11.5 Å². The van der Waals surface area contributed by atoms with Crippen molar-refractivity contribution < 1.29 is 9.47 Å². The van der Waals surface area contributed by atoms with E-state index >= 15 is 0 Å². The van der Waals surface area contributed by atoms with Crippen LogP contribution in [0.1, 0.15) is 11.3 Å². The van der Waals surface area contributed by atoms with Crippen molar-refractivity contribution in [1.29, 1.82) is 0 Å². The summed E-state index contributed by atoms with van der Waals surface area (Å²) in [4.78, 5) is 0. The number of hydrogen-bond donors (Lipinski definition) is 1. The number of ether oxygens (including phenoxy) is 2. The molecule has 3 rings (SSSR count). The molecule has 1 aromatic heterocycles. The maximum atomic E-state index is 6.03. The van der Waals surface area contributed by atoms with Crippen molar-refractivity contribution in [2.75, 3.05) is 18.9 Å². The molecule has 2 N–H and O–H groups in total. The number of nitrogen functional groups attached to an aromatic ring is 1. The lowest BCUT2D eigenvalue weighted by molar-refractivity contribution is 0.171. The molecule has 100 valence electrons. The van der Waals surface area contributed by atoms with E-state index in [4.69, 9.17) is 26.8 Å². The average Bonchev–Trinajstić information content (AvgIpc) is 2.69. The number of rotatable bonds is 2. The zero-order valence-electron chi connectivity index (χ0n) is 10.5. The van der Waals surface area contributed by atoms with E-state index in [-0.39, 0.29) is 0 Å². The molecule has 0 radical (unpaired) electrons. The van der Waals surface area contributed by atoms with Gasteiger partial charge in [0.15, 0.2) is 11.5 Å². The largest absolute Gasteiger partial charge is 0.486 e. The lowest BCUT2D eigenvalue weighted by Crippen LogP contribution is -2.16. The third-order valence-corrected chi connectivity index (χ3v) is 3.39. The molecule has 1 aromatic carbocycles. The number of hydrogen-bond acceptors (Lipinski definition) is 4. The van der Waals surface area contributed by atoms with Gasteiger partial charge in [-0.15, -0.1) is 0 Å². The molecule has 6 heteroatoms. The molecule has 0 saturated carbocycles. The van der Waals surface area contributed by atoms with E-state index in [2.05, 4.69) is 5.10 Å². The Balaban J connectivity index is 1.92. The molecule has 0 saturated heterocycles. The summed E-state index contributed by atoms with van der Waals surface area (Å²) in [5.74, 6) is 1.42. The fraction of sp³-hybridized carbons (Fsp3) is 0.308. The second-order valence-corrected chi connectivity index (χ2v) is 4.86. The van der Waals surface area contributed by atoms with E-state index in [0.717, 1.165) is 17.0 Å². The first-order valence-corrected chi connectivity index (χ1v) is 6.39. The summed E-state index contributed by atoms with van der Waals surface area (Å²) in [6.45, 7) is 3.53. The van der Waals surface area contributed by atoms with Crippen LogP contribution in [0, 0.1) is 6.92 Å². The van der Waals surface area contributed by atoms with Crippen LogP contribution in [0.4, 0.5) is 5.69 Å². The second-order valence-electron chi connectivity index (χ2n) is 4.45. The molecular weight excluding hydrogens is 266 g/mol. The number of nitrogens with zero attached hydrogens (tertiary/aromatic N) is 2. The van der Waals surface area contributed by atoms with Gasteiger partial charge in [-0.25, -0.2) is 0 Å². The standard InChI is InChI=1S/C13H14ClN3O2/c1-8-10(14)7-17(16-8)6-9-4-12-13(5-11(9)15)19-3-2-18-12/h4-5,7H,2-3,6,15H2,1H3. The Bertz CT molecular complexity index is 605. The van der Waals surface area contributed by atoms with Crippen LogP contribution in [-0.2, 0) is 6.54 Å². The smallest absolute Gasteiger partial charge is 0.163 e.